The molecular weight excluding hydrogens is 204 g/mol. The molecule has 1 unspecified atom stereocenters. The number of carbonyl (C=O) groups is 1. The van der Waals surface area contributed by atoms with Gasteiger partial charge in [0.2, 0.25) is 5.91 Å². The third-order valence-electron chi connectivity index (χ3n) is 2.75. The Kier molecular flexibility index (Phi) is 3.41. The van der Waals surface area contributed by atoms with Gasteiger partial charge in [0.15, 0.2) is 0 Å². The lowest BCUT2D eigenvalue weighted by molar-refractivity contribution is -0.122. The summed E-state index contributed by atoms with van der Waals surface area (Å²) in [5.41, 5.74) is 2.15. The fourth-order valence-electron chi connectivity index (χ4n) is 1.92. The molecule has 1 heterocycles. The van der Waals surface area contributed by atoms with Crippen LogP contribution in [0.3, 0.4) is 0 Å². The van der Waals surface area contributed by atoms with Crippen LogP contribution in [-0.4, -0.2) is 32.7 Å². The van der Waals surface area contributed by atoms with Crippen molar-refractivity contribution in [1.82, 2.24) is 5.32 Å². The third-order valence-corrected chi connectivity index (χ3v) is 2.75. The lowest BCUT2D eigenvalue weighted by Crippen LogP contribution is -2.32. The van der Waals surface area contributed by atoms with E-state index in [0.717, 1.165) is 11.3 Å². The molecule has 0 saturated carbocycles. The highest BCUT2D eigenvalue weighted by Crippen LogP contribution is 2.30. The molecule has 1 aromatic rings. The highest BCUT2D eigenvalue weighted by atomic mass is 16.5. The van der Waals surface area contributed by atoms with Gasteiger partial charge >= 0.3 is 0 Å². The van der Waals surface area contributed by atoms with Crippen LogP contribution in [0.5, 0.6) is 0 Å². The van der Waals surface area contributed by atoms with Crippen molar-refractivity contribution < 1.29 is 9.53 Å². The fourth-order valence-corrected chi connectivity index (χ4v) is 1.92. The van der Waals surface area contributed by atoms with Crippen molar-refractivity contribution in [1.29, 1.82) is 0 Å². The minimum absolute atomic E-state index is 0.0644. The zero-order valence-corrected chi connectivity index (χ0v) is 9.32. The Morgan fingerprint density at radius 2 is 2.38 bits per heavy atom. The summed E-state index contributed by atoms with van der Waals surface area (Å²) in [6, 6.07) is 7.92. The minimum Gasteiger partial charge on any atom is -0.384 e. The van der Waals surface area contributed by atoms with Crippen molar-refractivity contribution in [3.05, 3.63) is 29.8 Å². The van der Waals surface area contributed by atoms with E-state index in [1.54, 1.807) is 7.11 Å². The van der Waals surface area contributed by atoms with Crippen LogP contribution < -0.4 is 10.6 Å². The molecule has 1 aliphatic heterocycles. The maximum Gasteiger partial charge on any atom is 0.229 e. The average molecular weight is 220 g/mol. The van der Waals surface area contributed by atoms with Gasteiger partial charge in [0.25, 0.3) is 0 Å². The van der Waals surface area contributed by atoms with Crippen LogP contribution in [-0.2, 0) is 9.53 Å². The predicted octanol–water partition coefficient (Wildman–Crippen LogP) is 0.958. The zero-order valence-electron chi connectivity index (χ0n) is 9.32. The molecule has 1 aliphatic rings. The first-order chi connectivity index (χ1) is 7.83. The molecule has 1 aromatic carbocycles. The summed E-state index contributed by atoms with van der Waals surface area (Å²) in [4.78, 5) is 11.9. The number of methoxy groups -OCH3 is 1. The Bertz CT molecular complexity index is 379. The molecule has 86 valence electrons. The highest BCUT2D eigenvalue weighted by Gasteiger charge is 2.27. The van der Waals surface area contributed by atoms with E-state index in [9.17, 15) is 4.79 Å². The average Bonchev–Trinajstić information content (AvgIpc) is 2.73. The molecule has 1 amide bonds. The molecule has 0 aliphatic carbocycles. The molecule has 16 heavy (non-hydrogen) atoms. The number of fused-ring (bicyclic) bond motifs is 1. The van der Waals surface area contributed by atoms with Crippen LogP contribution in [0.15, 0.2) is 24.3 Å². The quantitative estimate of drug-likeness (QED) is 0.743. The molecule has 0 bridgehead atoms. The number of ether oxygens (including phenoxy) is 1. The number of amides is 1. The zero-order chi connectivity index (χ0) is 11.4. The van der Waals surface area contributed by atoms with E-state index in [-0.39, 0.29) is 11.8 Å². The number of nitrogens with one attached hydrogen (secondary N) is 2. The van der Waals surface area contributed by atoms with Gasteiger partial charge in [-0.25, -0.2) is 0 Å². The summed E-state index contributed by atoms with van der Waals surface area (Å²) in [5, 5.41) is 6.09. The topological polar surface area (TPSA) is 50.4 Å². The van der Waals surface area contributed by atoms with Gasteiger partial charge < -0.3 is 15.4 Å². The van der Waals surface area contributed by atoms with Gasteiger partial charge in [0, 0.05) is 25.9 Å². The van der Waals surface area contributed by atoms with Crippen molar-refractivity contribution >= 4 is 11.6 Å². The molecule has 0 fully saturated rings. The van der Waals surface area contributed by atoms with Crippen molar-refractivity contribution in [3.8, 4) is 0 Å². The molecule has 0 aromatic heterocycles. The van der Waals surface area contributed by atoms with Crippen molar-refractivity contribution in [2.24, 2.45) is 0 Å². The van der Waals surface area contributed by atoms with Gasteiger partial charge in [-0.2, -0.15) is 0 Å². The second-order valence-electron chi connectivity index (χ2n) is 3.80. The van der Waals surface area contributed by atoms with Crippen molar-refractivity contribution in [2.75, 3.05) is 32.1 Å². The van der Waals surface area contributed by atoms with E-state index >= 15 is 0 Å². The Morgan fingerprint density at radius 3 is 3.19 bits per heavy atom. The first kappa shape index (κ1) is 11.0. The summed E-state index contributed by atoms with van der Waals surface area (Å²) in [6.45, 7) is 1.79. The van der Waals surface area contributed by atoms with Crippen LogP contribution >= 0.6 is 0 Å². The second kappa shape index (κ2) is 4.99. The molecular formula is C12H16N2O2. The largest absolute Gasteiger partial charge is 0.384 e. The number of carbonyl (C=O) groups excluding carboxylic acids is 1. The normalized spacial score (nSPS) is 17.7. The molecule has 4 nitrogen and oxygen atoms in total. The van der Waals surface area contributed by atoms with Gasteiger partial charge in [-0.3, -0.25) is 4.79 Å². The van der Waals surface area contributed by atoms with E-state index in [1.807, 2.05) is 24.3 Å². The Hall–Kier alpha value is -1.55. The van der Waals surface area contributed by atoms with E-state index in [2.05, 4.69) is 10.6 Å². The van der Waals surface area contributed by atoms with E-state index in [4.69, 9.17) is 4.74 Å². The molecule has 4 heteroatoms. The predicted molar refractivity (Wildman–Crippen MR) is 62.6 cm³/mol. The standard InChI is InChI=1S/C12H16N2O2/c1-16-7-6-13-12(15)10-8-14-11-5-3-2-4-9(10)11/h2-5,10,14H,6-8H2,1H3,(H,13,15). The lowest BCUT2D eigenvalue weighted by atomic mass is 10.0. The van der Waals surface area contributed by atoms with Crippen molar-refractivity contribution in [2.45, 2.75) is 5.92 Å². The van der Waals surface area contributed by atoms with Crippen molar-refractivity contribution in [3.63, 3.8) is 0 Å². The number of anilines is 1. The molecule has 1 atom stereocenters. The monoisotopic (exact) mass is 220 g/mol. The fraction of sp³-hybridized carbons (Fsp3) is 0.417. The molecule has 0 spiro atoms. The second-order valence-corrected chi connectivity index (χ2v) is 3.80. The molecule has 2 N–H and O–H groups in total. The van der Waals surface area contributed by atoms with E-state index < -0.39 is 0 Å². The molecule has 0 radical (unpaired) electrons. The van der Waals surface area contributed by atoms with Crippen LogP contribution in [0.25, 0.3) is 0 Å². The van der Waals surface area contributed by atoms with Crippen LogP contribution in [0.4, 0.5) is 5.69 Å². The summed E-state index contributed by atoms with van der Waals surface area (Å²) >= 11 is 0. The lowest BCUT2D eigenvalue weighted by Gasteiger charge is -2.10. The summed E-state index contributed by atoms with van der Waals surface area (Å²) in [5.74, 6) is -0.0115. The Balaban J connectivity index is 1.99. The number of benzene rings is 1. The molecule has 0 saturated heterocycles. The first-order valence-electron chi connectivity index (χ1n) is 5.42. The van der Waals surface area contributed by atoms with Gasteiger partial charge in [0.05, 0.1) is 12.5 Å². The summed E-state index contributed by atoms with van der Waals surface area (Å²) in [7, 11) is 1.62. The van der Waals surface area contributed by atoms with E-state index in [0.29, 0.717) is 19.7 Å². The van der Waals surface area contributed by atoms with Crippen LogP contribution in [0.2, 0.25) is 0 Å². The smallest absolute Gasteiger partial charge is 0.229 e. The van der Waals surface area contributed by atoms with E-state index in [1.165, 1.54) is 0 Å². The molecule has 2 rings (SSSR count). The minimum atomic E-state index is -0.0759. The third kappa shape index (κ3) is 2.17. The Labute approximate surface area is 95.0 Å². The maximum atomic E-state index is 11.9. The van der Waals surface area contributed by atoms with Gasteiger partial charge in [-0.15, -0.1) is 0 Å². The highest BCUT2D eigenvalue weighted by molar-refractivity contribution is 5.88. The van der Waals surface area contributed by atoms with Gasteiger partial charge in [0.1, 0.15) is 0 Å². The van der Waals surface area contributed by atoms with Gasteiger partial charge in [-0.1, -0.05) is 18.2 Å². The Morgan fingerprint density at radius 1 is 1.56 bits per heavy atom. The number of hydrogen-bond acceptors (Lipinski definition) is 3. The number of rotatable bonds is 4. The number of para-hydroxylation sites is 1. The van der Waals surface area contributed by atoms with Crippen LogP contribution in [0, 0.1) is 0 Å². The number of hydrogen-bond donors (Lipinski definition) is 2. The maximum absolute atomic E-state index is 11.9. The summed E-state index contributed by atoms with van der Waals surface area (Å²) < 4.78 is 4.89. The SMILES string of the molecule is COCCNC(=O)C1CNc2ccccc21. The van der Waals surface area contributed by atoms with Gasteiger partial charge in [-0.05, 0) is 11.6 Å². The van der Waals surface area contributed by atoms with Crippen LogP contribution in [0.1, 0.15) is 11.5 Å². The summed E-state index contributed by atoms with van der Waals surface area (Å²) in [6.07, 6.45) is 0. The first-order valence-corrected chi connectivity index (χ1v) is 5.42.